The summed E-state index contributed by atoms with van der Waals surface area (Å²) in [4.78, 5) is 0. The summed E-state index contributed by atoms with van der Waals surface area (Å²) in [5.41, 5.74) is 0. The van der Waals surface area contributed by atoms with Gasteiger partial charge in [-0.05, 0) is 0 Å². The lowest BCUT2D eigenvalue weighted by molar-refractivity contribution is -0.289. The van der Waals surface area contributed by atoms with E-state index in [-0.39, 0.29) is 0 Å². The van der Waals surface area contributed by atoms with Crippen LogP contribution in [0.5, 0.6) is 0 Å². The predicted octanol–water partition coefficient (Wildman–Crippen LogP) is -6.14. The molecule has 2 fully saturated rings. The molecule has 0 spiro atoms. The minimum absolute atomic E-state index is 0.836. The molecule has 0 bridgehead atoms. The van der Waals surface area contributed by atoms with Crippen molar-refractivity contribution in [3.05, 3.63) is 0 Å². The van der Waals surface area contributed by atoms with Gasteiger partial charge in [-0.25, -0.2) is 8.37 Å². The molecular weight excluding hydrogens is 400 g/mol. The molecule has 14 nitrogen and oxygen atoms in total. The Morgan fingerprint density at radius 2 is 1.30 bits per heavy atom. The summed E-state index contributed by atoms with van der Waals surface area (Å²) in [5.74, 6) is 0. The van der Waals surface area contributed by atoms with Gasteiger partial charge in [0.15, 0.2) is 6.29 Å². The van der Waals surface area contributed by atoms with Gasteiger partial charge in [0, 0.05) is 0 Å². The van der Waals surface area contributed by atoms with Crippen LogP contribution in [0.15, 0.2) is 0 Å². The van der Waals surface area contributed by atoms with E-state index in [4.69, 9.17) is 14.6 Å². The van der Waals surface area contributed by atoms with Gasteiger partial charge >= 0.3 is 10.4 Å². The van der Waals surface area contributed by atoms with Crippen LogP contribution in [0.2, 0.25) is 0 Å². The van der Waals surface area contributed by atoms with Crippen LogP contribution in [0, 0.1) is 0 Å². The molecule has 2 aliphatic rings. The maximum Gasteiger partial charge on any atom is 0.402 e. The molecule has 0 aliphatic carbocycles. The van der Waals surface area contributed by atoms with E-state index in [0.29, 0.717) is 0 Å². The van der Waals surface area contributed by atoms with Crippen LogP contribution in [0.25, 0.3) is 0 Å². The Kier molecular flexibility index (Phi) is 7.47. The largest absolute Gasteiger partial charge is 0.402 e. The van der Waals surface area contributed by atoms with Gasteiger partial charge in [-0.1, -0.05) is 0 Å². The Bertz CT molecular complexity index is 581. The minimum atomic E-state index is -5.11. The number of aliphatic hydroxyl groups is 8. The first-order valence-corrected chi connectivity index (χ1v) is 9.08. The Morgan fingerprint density at radius 1 is 0.704 bits per heavy atom. The summed E-state index contributed by atoms with van der Waals surface area (Å²) in [6, 6.07) is 0. The first-order chi connectivity index (χ1) is 12.5. The van der Waals surface area contributed by atoms with Crippen LogP contribution in [0.1, 0.15) is 0 Å². The third-order valence-corrected chi connectivity index (χ3v) is 5.01. The van der Waals surface area contributed by atoms with Crippen LogP contribution in [0.3, 0.4) is 0 Å². The van der Waals surface area contributed by atoms with Gasteiger partial charge in [-0.15, -0.1) is 0 Å². The summed E-state index contributed by atoms with van der Waals surface area (Å²) in [7, 11) is -5.11. The molecule has 27 heavy (non-hydrogen) atoms. The zero-order valence-corrected chi connectivity index (χ0v) is 14.4. The van der Waals surface area contributed by atoms with E-state index in [1.54, 1.807) is 0 Å². The number of aliphatic hydroxyl groups excluding tert-OH is 8. The second-order valence-corrected chi connectivity index (χ2v) is 7.19. The number of hydrogen-bond acceptors (Lipinski definition) is 14. The molecule has 0 aromatic rings. The molecule has 2 rings (SSSR count). The van der Waals surface area contributed by atoms with Crippen molar-refractivity contribution < 1.29 is 67.1 Å². The Morgan fingerprint density at radius 3 is 1.85 bits per heavy atom. The fraction of sp³-hybridized carbons (Fsp3) is 1.00. The molecular formula is C12H22O14S. The number of ether oxygens (including phenoxy) is 2. The van der Waals surface area contributed by atoms with Crippen LogP contribution < -0.4 is 0 Å². The predicted molar refractivity (Wildman–Crippen MR) is 78.6 cm³/mol. The smallest absolute Gasteiger partial charge is 0.394 e. The van der Waals surface area contributed by atoms with Crippen molar-refractivity contribution in [2.24, 2.45) is 0 Å². The van der Waals surface area contributed by atoms with Crippen molar-refractivity contribution >= 4 is 10.4 Å². The summed E-state index contributed by atoms with van der Waals surface area (Å²) < 4.78 is 42.7. The minimum Gasteiger partial charge on any atom is -0.394 e. The third-order valence-electron chi connectivity index (χ3n) is 4.13. The van der Waals surface area contributed by atoms with Crippen molar-refractivity contribution in [3.8, 4) is 0 Å². The van der Waals surface area contributed by atoms with Gasteiger partial charge in [-0.2, -0.15) is 8.42 Å². The van der Waals surface area contributed by atoms with E-state index in [2.05, 4.69) is 8.37 Å². The highest BCUT2D eigenvalue weighted by molar-refractivity contribution is 7.81. The molecule has 10 atom stereocenters. The molecule has 2 aliphatic heterocycles. The van der Waals surface area contributed by atoms with Gasteiger partial charge in [0.2, 0.25) is 6.29 Å². The highest BCUT2D eigenvalue weighted by Gasteiger charge is 2.49. The molecule has 0 saturated carbocycles. The molecule has 0 aromatic heterocycles. The van der Waals surface area contributed by atoms with Crippen LogP contribution in [0.4, 0.5) is 0 Å². The molecule has 0 amide bonds. The zero-order chi connectivity index (χ0) is 20.5. The van der Waals surface area contributed by atoms with Gasteiger partial charge in [0.05, 0.1) is 13.2 Å². The Hall–Kier alpha value is -0.530. The molecule has 0 radical (unpaired) electrons. The summed E-state index contributed by atoms with van der Waals surface area (Å²) in [5, 5.41) is 76.0. The number of hydrogen-bond donors (Lipinski definition) is 8. The van der Waals surface area contributed by atoms with E-state index < -0.39 is 85.0 Å². The Balaban J connectivity index is 2.11. The van der Waals surface area contributed by atoms with E-state index in [1.807, 2.05) is 0 Å². The van der Waals surface area contributed by atoms with E-state index >= 15 is 0 Å². The quantitative estimate of drug-likeness (QED) is 0.199. The van der Waals surface area contributed by atoms with Gasteiger partial charge in [-0.3, -0.25) is 0 Å². The van der Waals surface area contributed by atoms with Crippen LogP contribution in [-0.4, -0.2) is 124 Å². The highest BCUT2D eigenvalue weighted by atomic mass is 32.3. The third kappa shape index (κ3) is 4.91. The lowest BCUT2D eigenvalue weighted by Crippen LogP contribution is -2.61. The van der Waals surface area contributed by atoms with Crippen LogP contribution >= 0.6 is 0 Å². The lowest BCUT2D eigenvalue weighted by atomic mass is 9.99. The average molecular weight is 422 g/mol. The van der Waals surface area contributed by atoms with Gasteiger partial charge < -0.3 is 50.3 Å². The summed E-state index contributed by atoms with van der Waals surface area (Å²) in [6.45, 7) is -1.74. The second kappa shape index (κ2) is 8.87. The van der Waals surface area contributed by atoms with E-state index in [0.717, 1.165) is 0 Å². The van der Waals surface area contributed by atoms with Gasteiger partial charge in [0.1, 0.15) is 48.8 Å². The van der Waals surface area contributed by atoms with E-state index in [1.165, 1.54) is 0 Å². The molecule has 0 aromatic carbocycles. The van der Waals surface area contributed by atoms with Crippen molar-refractivity contribution in [1.82, 2.24) is 0 Å². The molecule has 2 heterocycles. The van der Waals surface area contributed by atoms with Crippen molar-refractivity contribution in [3.63, 3.8) is 0 Å². The monoisotopic (exact) mass is 422 g/mol. The first-order valence-electron chi connectivity index (χ1n) is 7.75. The molecule has 2 saturated heterocycles. The fourth-order valence-corrected chi connectivity index (χ4v) is 3.55. The molecule has 8 N–H and O–H groups in total. The normalized spacial score (nSPS) is 46.4. The summed E-state index contributed by atoms with van der Waals surface area (Å²) >= 11 is 0. The van der Waals surface area contributed by atoms with Crippen molar-refractivity contribution in [2.75, 3.05) is 13.2 Å². The average Bonchev–Trinajstić information content (AvgIpc) is 2.62. The molecule has 15 heteroatoms. The topological polar surface area (TPSA) is 233 Å². The second-order valence-electron chi connectivity index (χ2n) is 5.99. The number of rotatable bonds is 6. The first kappa shape index (κ1) is 22.8. The van der Waals surface area contributed by atoms with Gasteiger partial charge in [0.25, 0.3) is 0 Å². The zero-order valence-electron chi connectivity index (χ0n) is 13.6. The van der Waals surface area contributed by atoms with Crippen molar-refractivity contribution in [2.45, 2.75) is 61.4 Å². The van der Waals surface area contributed by atoms with Crippen LogP contribution in [-0.2, 0) is 28.2 Å². The molecule has 160 valence electrons. The standard InChI is InChI=1S/C12H22O14S/c13-1-3-5(15)6(16)9(19)12(24-3)26-27(21,22)25-10-4(2-14)23-11(20)8(18)7(10)17/h3-20H,1-2H2/t3-,4-,5-,6+,7-,8-,9-,10-,11-,12+/m1/s1. The molecule has 0 unspecified atom stereocenters. The maximum atomic E-state index is 12.1. The maximum absolute atomic E-state index is 12.1. The highest BCUT2D eigenvalue weighted by Crippen LogP contribution is 2.27. The van der Waals surface area contributed by atoms with Crippen molar-refractivity contribution in [1.29, 1.82) is 0 Å². The van der Waals surface area contributed by atoms with E-state index in [9.17, 15) is 44.2 Å². The lowest BCUT2D eigenvalue weighted by Gasteiger charge is -2.40. The SMILES string of the molecule is O=S(=O)(O[C@@H]1O[C@H](CO)[C@@H](O)[C@H](O)[C@H]1O)O[C@H]1[C@H](O)[C@@H](O)[C@H](O)O[C@@H]1CO. The Labute approximate surface area is 153 Å². The summed E-state index contributed by atoms with van der Waals surface area (Å²) in [6.07, 6.45) is -18.6. The fourth-order valence-electron chi connectivity index (χ4n) is 2.61.